The van der Waals surface area contributed by atoms with Crippen molar-refractivity contribution in [2.24, 2.45) is 5.16 Å². The number of benzene rings is 2. The Morgan fingerprint density at radius 2 is 1.94 bits per heavy atom. The molecule has 0 saturated carbocycles. The second-order valence-corrected chi connectivity index (χ2v) is 3.73. The van der Waals surface area contributed by atoms with Crippen LogP contribution >= 0.6 is 0 Å². The van der Waals surface area contributed by atoms with E-state index in [4.69, 9.17) is 9.94 Å². The van der Waals surface area contributed by atoms with Gasteiger partial charge in [0, 0.05) is 0 Å². The van der Waals surface area contributed by atoms with Gasteiger partial charge in [0.25, 0.3) is 0 Å². The Kier molecular flexibility index (Phi) is 3.91. The highest BCUT2D eigenvalue weighted by molar-refractivity contribution is 5.79. The van der Waals surface area contributed by atoms with Gasteiger partial charge in [0.05, 0.1) is 6.21 Å². The molecule has 0 amide bonds. The Hall–Kier alpha value is -2.36. The van der Waals surface area contributed by atoms with Crippen LogP contribution in [-0.4, -0.2) is 11.4 Å². The average molecular weight is 245 g/mol. The van der Waals surface area contributed by atoms with Crippen LogP contribution in [0.3, 0.4) is 0 Å². The normalized spacial score (nSPS) is 10.7. The van der Waals surface area contributed by atoms with Crippen LogP contribution in [0, 0.1) is 5.82 Å². The summed E-state index contributed by atoms with van der Waals surface area (Å²) in [6, 6.07) is 13.3. The summed E-state index contributed by atoms with van der Waals surface area (Å²) in [6.45, 7) is 0.311. The van der Waals surface area contributed by atoms with Gasteiger partial charge in [-0.2, -0.15) is 0 Å². The van der Waals surface area contributed by atoms with Gasteiger partial charge in [-0.3, -0.25) is 0 Å². The molecule has 3 nitrogen and oxygen atoms in total. The lowest BCUT2D eigenvalue weighted by molar-refractivity contribution is 0.305. The highest BCUT2D eigenvalue weighted by Crippen LogP contribution is 2.14. The molecule has 0 aromatic heterocycles. The Morgan fingerprint density at radius 1 is 1.17 bits per heavy atom. The maximum Gasteiger partial charge on any atom is 0.123 e. The molecule has 0 bridgehead atoms. The molecule has 0 aliphatic heterocycles. The van der Waals surface area contributed by atoms with Crippen LogP contribution in [0.2, 0.25) is 0 Å². The molecule has 92 valence electrons. The molecule has 0 radical (unpaired) electrons. The van der Waals surface area contributed by atoms with Crippen molar-refractivity contribution >= 4 is 6.21 Å². The predicted octanol–water partition coefficient (Wildman–Crippen LogP) is 3.21. The molecule has 0 fully saturated rings. The molecule has 0 spiro atoms. The summed E-state index contributed by atoms with van der Waals surface area (Å²) in [7, 11) is 0. The Labute approximate surface area is 104 Å². The van der Waals surface area contributed by atoms with E-state index < -0.39 is 0 Å². The van der Waals surface area contributed by atoms with Gasteiger partial charge >= 0.3 is 0 Å². The molecule has 2 aromatic carbocycles. The first kappa shape index (κ1) is 12.1. The largest absolute Gasteiger partial charge is 0.489 e. The fraction of sp³-hybridized carbons (Fsp3) is 0.0714. The molecule has 1 N–H and O–H groups in total. The number of rotatable bonds is 4. The summed E-state index contributed by atoms with van der Waals surface area (Å²) in [4.78, 5) is 0. The third-order valence-electron chi connectivity index (χ3n) is 2.38. The van der Waals surface area contributed by atoms with Crippen LogP contribution in [0.25, 0.3) is 0 Å². The van der Waals surface area contributed by atoms with Gasteiger partial charge in [-0.25, -0.2) is 4.39 Å². The van der Waals surface area contributed by atoms with Crippen molar-refractivity contribution in [3.63, 3.8) is 0 Å². The number of ether oxygens (including phenoxy) is 1. The number of halogens is 1. The van der Waals surface area contributed by atoms with E-state index in [1.165, 1.54) is 18.3 Å². The maximum atomic E-state index is 12.9. The summed E-state index contributed by atoms with van der Waals surface area (Å²) in [5, 5.41) is 11.3. The minimum Gasteiger partial charge on any atom is -0.489 e. The molecule has 0 unspecified atom stereocenters. The average Bonchev–Trinajstić information content (AvgIpc) is 2.38. The molecule has 0 aliphatic carbocycles. The smallest absolute Gasteiger partial charge is 0.123 e. The maximum absolute atomic E-state index is 12.9. The Balaban J connectivity index is 1.98. The molecule has 2 rings (SSSR count). The van der Waals surface area contributed by atoms with E-state index >= 15 is 0 Å². The lowest BCUT2D eigenvalue weighted by Gasteiger charge is -2.06. The van der Waals surface area contributed by atoms with Gasteiger partial charge in [0.1, 0.15) is 18.2 Å². The number of oxime groups is 1. The third kappa shape index (κ3) is 3.31. The van der Waals surface area contributed by atoms with Crippen LogP contribution in [0.5, 0.6) is 5.75 Å². The van der Waals surface area contributed by atoms with Crippen LogP contribution in [-0.2, 0) is 6.61 Å². The molecule has 0 heterocycles. The van der Waals surface area contributed by atoms with E-state index in [2.05, 4.69) is 5.16 Å². The lowest BCUT2D eigenvalue weighted by Crippen LogP contribution is -1.96. The molecule has 18 heavy (non-hydrogen) atoms. The van der Waals surface area contributed by atoms with Crippen molar-refractivity contribution in [2.45, 2.75) is 6.61 Å². The van der Waals surface area contributed by atoms with Gasteiger partial charge in [-0.05, 0) is 47.5 Å². The summed E-state index contributed by atoms with van der Waals surface area (Å²) in [6.07, 6.45) is 1.33. The van der Waals surface area contributed by atoms with E-state index in [0.29, 0.717) is 12.4 Å². The molecule has 0 atom stereocenters. The molecular formula is C14H12FNO2. The number of nitrogens with zero attached hydrogens (tertiary/aromatic N) is 1. The van der Waals surface area contributed by atoms with Crippen LogP contribution in [0.15, 0.2) is 53.7 Å². The molecular weight excluding hydrogens is 233 g/mol. The van der Waals surface area contributed by atoms with E-state index in [1.807, 2.05) is 0 Å². The summed E-state index contributed by atoms with van der Waals surface area (Å²) < 4.78 is 18.4. The summed E-state index contributed by atoms with van der Waals surface area (Å²) in [5.41, 5.74) is 1.55. The zero-order chi connectivity index (χ0) is 12.8. The van der Waals surface area contributed by atoms with Crippen molar-refractivity contribution in [1.29, 1.82) is 0 Å². The van der Waals surface area contributed by atoms with Gasteiger partial charge < -0.3 is 9.94 Å². The first-order valence-electron chi connectivity index (χ1n) is 5.42. The fourth-order valence-corrected chi connectivity index (χ4v) is 1.51. The fourth-order valence-electron chi connectivity index (χ4n) is 1.51. The van der Waals surface area contributed by atoms with Crippen LogP contribution < -0.4 is 4.74 Å². The quantitative estimate of drug-likeness (QED) is 0.510. The van der Waals surface area contributed by atoms with Crippen molar-refractivity contribution in [3.05, 3.63) is 65.5 Å². The van der Waals surface area contributed by atoms with Crippen molar-refractivity contribution in [1.82, 2.24) is 0 Å². The van der Waals surface area contributed by atoms with Gasteiger partial charge in [-0.15, -0.1) is 0 Å². The zero-order valence-electron chi connectivity index (χ0n) is 9.58. The van der Waals surface area contributed by atoms with E-state index in [9.17, 15) is 4.39 Å². The zero-order valence-corrected chi connectivity index (χ0v) is 9.58. The van der Waals surface area contributed by atoms with E-state index in [1.54, 1.807) is 36.4 Å². The SMILES string of the molecule is ON=Cc1ccc(OCc2cccc(F)c2)cc1. The van der Waals surface area contributed by atoms with Gasteiger partial charge in [0.15, 0.2) is 0 Å². The van der Waals surface area contributed by atoms with E-state index in [0.717, 1.165) is 11.1 Å². The minimum absolute atomic E-state index is 0.273. The highest BCUT2D eigenvalue weighted by Gasteiger charge is 1.98. The Morgan fingerprint density at radius 3 is 2.61 bits per heavy atom. The molecule has 0 aliphatic rings. The van der Waals surface area contributed by atoms with Crippen molar-refractivity contribution < 1.29 is 14.3 Å². The minimum atomic E-state index is -0.273. The van der Waals surface area contributed by atoms with Crippen LogP contribution in [0.4, 0.5) is 4.39 Å². The topological polar surface area (TPSA) is 41.8 Å². The monoisotopic (exact) mass is 245 g/mol. The number of hydrogen-bond acceptors (Lipinski definition) is 3. The molecule has 2 aromatic rings. The standard InChI is InChI=1S/C14H12FNO2/c15-13-3-1-2-12(8-13)10-18-14-6-4-11(5-7-14)9-16-17/h1-9,17H,10H2. The predicted molar refractivity (Wildman–Crippen MR) is 66.6 cm³/mol. The second kappa shape index (κ2) is 5.82. The molecule has 0 saturated heterocycles. The number of hydrogen-bond donors (Lipinski definition) is 1. The van der Waals surface area contributed by atoms with Gasteiger partial charge in [0.2, 0.25) is 0 Å². The first-order chi connectivity index (χ1) is 8.78. The second-order valence-electron chi connectivity index (χ2n) is 3.73. The highest BCUT2D eigenvalue weighted by atomic mass is 19.1. The van der Waals surface area contributed by atoms with Gasteiger partial charge in [-0.1, -0.05) is 17.3 Å². The summed E-state index contributed by atoms with van der Waals surface area (Å²) in [5.74, 6) is 0.403. The lowest BCUT2D eigenvalue weighted by atomic mass is 10.2. The van der Waals surface area contributed by atoms with Crippen molar-refractivity contribution in [2.75, 3.05) is 0 Å². The van der Waals surface area contributed by atoms with Crippen molar-refractivity contribution in [3.8, 4) is 5.75 Å². The molecule has 4 heteroatoms. The van der Waals surface area contributed by atoms with E-state index in [-0.39, 0.29) is 5.82 Å². The summed E-state index contributed by atoms with van der Waals surface area (Å²) >= 11 is 0. The third-order valence-corrected chi connectivity index (χ3v) is 2.38. The van der Waals surface area contributed by atoms with Crippen LogP contribution in [0.1, 0.15) is 11.1 Å². The Bertz CT molecular complexity index is 538. The first-order valence-corrected chi connectivity index (χ1v) is 5.42.